The van der Waals surface area contributed by atoms with Crippen LogP contribution in [0.3, 0.4) is 0 Å². The van der Waals surface area contributed by atoms with E-state index in [-0.39, 0.29) is 22.8 Å². The molecule has 3 aromatic rings. The van der Waals surface area contributed by atoms with Gasteiger partial charge in [0, 0.05) is 12.7 Å². The predicted molar refractivity (Wildman–Crippen MR) is 121 cm³/mol. The summed E-state index contributed by atoms with van der Waals surface area (Å²) in [5.74, 6) is -0.962. The summed E-state index contributed by atoms with van der Waals surface area (Å²) in [7, 11) is -3.08. The number of pyridine rings is 1. The molecule has 2 aromatic carbocycles. The number of rotatable bonds is 8. The monoisotopic (exact) mass is 512 g/mol. The molecule has 180 valence electrons. The number of benzene rings is 2. The van der Waals surface area contributed by atoms with E-state index < -0.39 is 32.8 Å². The predicted octanol–water partition coefficient (Wildman–Crippen LogP) is 5.37. The van der Waals surface area contributed by atoms with Crippen molar-refractivity contribution in [2.24, 2.45) is 0 Å². The van der Waals surface area contributed by atoms with Crippen LogP contribution in [0.25, 0.3) is 0 Å². The first-order valence-corrected chi connectivity index (χ1v) is 11.8. The van der Waals surface area contributed by atoms with Gasteiger partial charge in [-0.3, -0.25) is 0 Å². The highest BCUT2D eigenvalue weighted by atomic mass is 35.5. The zero-order chi connectivity index (χ0) is 24.9. The molecular formula is C23H20ClF3N2O4S. The maximum atomic E-state index is 13.4. The van der Waals surface area contributed by atoms with Crippen molar-refractivity contribution in [3.05, 3.63) is 88.6 Å². The number of hydrogen-bond acceptors (Lipinski definition) is 5. The summed E-state index contributed by atoms with van der Waals surface area (Å²) in [5, 5.41) is -0.454. The quantitative estimate of drug-likeness (QED) is 0.379. The minimum atomic E-state index is -4.68. The van der Waals surface area contributed by atoms with Gasteiger partial charge in [-0.05, 0) is 48.7 Å². The second-order valence-corrected chi connectivity index (χ2v) is 9.48. The fraction of sp³-hybridized carbons (Fsp3) is 0.217. The highest BCUT2D eigenvalue weighted by Gasteiger charge is 2.34. The molecule has 1 aromatic heterocycles. The summed E-state index contributed by atoms with van der Waals surface area (Å²) in [4.78, 5) is 15.2. The number of ether oxygens (including phenoxy) is 1. The summed E-state index contributed by atoms with van der Waals surface area (Å²) in [6, 6.07) is 14.9. The Kier molecular flexibility index (Phi) is 7.83. The molecule has 0 saturated carbocycles. The van der Waals surface area contributed by atoms with Crippen LogP contribution >= 0.6 is 11.6 Å². The van der Waals surface area contributed by atoms with E-state index in [1.54, 1.807) is 0 Å². The Bertz CT molecular complexity index is 1250. The zero-order valence-electron chi connectivity index (χ0n) is 17.9. The van der Waals surface area contributed by atoms with Crippen LogP contribution in [0, 0.1) is 0 Å². The molecule has 0 unspecified atom stereocenters. The van der Waals surface area contributed by atoms with Crippen LogP contribution < -0.4 is 4.31 Å². The van der Waals surface area contributed by atoms with E-state index in [9.17, 15) is 26.4 Å². The lowest BCUT2D eigenvalue weighted by Gasteiger charge is -2.25. The van der Waals surface area contributed by atoms with Crippen LogP contribution in [-0.4, -0.2) is 33.0 Å². The van der Waals surface area contributed by atoms with Crippen LogP contribution in [-0.2, 0) is 27.4 Å². The topological polar surface area (TPSA) is 76.6 Å². The summed E-state index contributed by atoms with van der Waals surface area (Å²) < 4.78 is 71.5. The summed E-state index contributed by atoms with van der Waals surface area (Å²) in [5.41, 5.74) is 0.0156. The number of nitrogens with zero attached hydrogens (tertiary/aromatic N) is 2. The number of halogens is 4. The second-order valence-electron chi connectivity index (χ2n) is 7.21. The number of aryl methyl sites for hydroxylation is 1. The van der Waals surface area contributed by atoms with Crippen molar-refractivity contribution in [2.75, 3.05) is 18.0 Å². The first-order chi connectivity index (χ1) is 16.0. The standard InChI is InChI=1S/C23H20ClF3N2O4S/c1-33-22(30)17-9-11-19(12-10-17)34(31,32)29(13-5-8-16-6-3-2-4-7-16)21-20(24)14-18(15-28-21)23(25,26)27/h2-4,6-7,9-12,14-15H,5,8,13H2,1H3. The SMILES string of the molecule is COC(=O)c1ccc(S(=O)(=O)N(CCCc2ccccc2)c2ncc(C(F)(F)F)cc2Cl)cc1. The highest BCUT2D eigenvalue weighted by molar-refractivity contribution is 7.92. The van der Waals surface area contributed by atoms with Crippen LogP contribution in [0.5, 0.6) is 0 Å². The van der Waals surface area contributed by atoms with Crippen molar-refractivity contribution >= 4 is 33.4 Å². The van der Waals surface area contributed by atoms with E-state index >= 15 is 0 Å². The number of esters is 1. The maximum Gasteiger partial charge on any atom is 0.417 e. The van der Waals surface area contributed by atoms with E-state index in [1.807, 2.05) is 30.3 Å². The van der Waals surface area contributed by atoms with Crippen LogP contribution in [0.2, 0.25) is 5.02 Å². The van der Waals surface area contributed by atoms with Crippen molar-refractivity contribution in [3.8, 4) is 0 Å². The Morgan fingerprint density at radius 2 is 1.74 bits per heavy atom. The Balaban J connectivity index is 1.97. The first-order valence-electron chi connectivity index (χ1n) is 10.0. The molecule has 0 amide bonds. The molecule has 0 N–H and O–H groups in total. The van der Waals surface area contributed by atoms with E-state index in [0.29, 0.717) is 25.1 Å². The van der Waals surface area contributed by atoms with Crippen molar-refractivity contribution in [1.82, 2.24) is 4.98 Å². The average molecular weight is 513 g/mol. The van der Waals surface area contributed by atoms with Gasteiger partial charge in [0.05, 0.1) is 28.2 Å². The largest absolute Gasteiger partial charge is 0.465 e. The molecule has 1 heterocycles. The number of alkyl halides is 3. The van der Waals surface area contributed by atoms with E-state index in [4.69, 9.17) is 11.6 Å². The number of sulfonamides is 1. The summed E-state index contributed by atoms with van der Waals surface area (Å²) in [6.45, 7) is -0.0892. The zero-order valence-corrected chi connectivity index (χ0v) is 19.5. The summed E-state index contributed by atoms with van der Waals surface area (Å²) in [6.07, 6.45) is -3.27. The van der Waals surface area contributed by atoms with Crippen LogP contribution in [0.1, 0.15) is 27.9 Å². The van der Waals surface area contributed by atoms with Crippen molar-refractivity contribution < 1.29 is 31.1 Å². The smallest absolute Gasteiger partial charge is 0.417 e. The molecule has 0 saturated heterocycles. The van der Waals surface area contributed by atoms with Gasteiger partial charge < -0.3 is 4.74 Å². The van der Waals surface area contributed by atoms with Crippen LogP contribution in [0.4, 0.5) is 19.0 Å². The van der Waals surface area contributed by atoms with Gasteiger partial charge in [0.1, 0.15) is 0 Å². The van der Waals surface area contributed by atoms with Gasteiger partial charge in [-0.2, -0.15) is 13.2 Å². The molecule has 0 aliphatic heterocycles. The van der Waals surface area contributed by atoms with E-state index in [0.717, 1.165) is 9.87 Å². The average Bonchev–Trinajstić information content (AvgIpc) is 2.81. The molecule has 0 radical (unpaired) electrons. The lowest BCUT2D eigenvalue weighted by Crippen LogP contribution is -2.33. The second kappa shape index (κ2) is 10.4. The molecular weight excluding hydrogens is 493 g/mol. The van der Waals surface area contributed by atoms with E-state index in [1.165, 1.54) is 31.4 Å². The Hall–Kier alpha value is -3.11. The van der Waals surface area contributed by atoms with Gasteiger partial charge in [-0.15, -0.1) is 0 Å². The third-order valence-electron chi connectivity index (χ3n) is 4.92. The molecule has 0 fully saturated rings. The van der Waals surface area contributed by atoms with Gasteiger partial charge in [0.15, 0.2) is 5.82 Å². The number of carbonyl (C=O) groups is 1. The van der Waals surface area contributed by atoms with Gasteiger partial charge in [-0.1, -0.05) is 41.9 Å². The van der Waals surface area contributed by atoms with E-state index in [2.05, 4.69) is 9.72 Å². The minimum Gasteiger partial charge on any atom is -0.465 e. The van der Waals surface area contributed by atoms with Gasteiger partial charge >= 0.3 is 12.1 Å². The normalized spacial score (nSPS) is 11.8. The van der Waals surface area contributed by atoms with Gasteiger partial charge in [0.25, 0.3) is 10.0 Å². The molecule has 0 atom stereocenters. The lowest BCUT2D eigenvalue weighted by molar-refractivity contribution is -0.137. The Morgan fingerprint density at radius 3 is 2.29 bits per heavy atom. The fourth-order valence-electron chi connectivity index (χ4n) is 3.19. The third-order valence-corrected chi connectivity index (χ3v) is 7.00. The maximum absolute atomic E-state index is 13.4. The molecule has 3 rings (SSSR count). The number of anilines is 1. The Labute approximate surface area is 200 Å². The van der Waals surface area contributed by atoms with Crippen molar-refractivity contribution in [1.29, 1.82) is 0 Å². The molecule has 0 aliphatic carbocycles. The van der Waals surface area contributed by atoms with Crippen molar-refractivity contribution in [2.45, 2.75) is 23.9 Å². The van der Waals surface area contributed by atoms with Crippen molar-refractivity contribution in [3.63, 3.8) is 0 Å². The number of carbonyl (C=O) groups excluding carboxylic acids is 1. The molecule has 0 aliphatic rings. The molecule has 0 spiro atoms. The number of hydrogen-bond donors (Lipinski definition) is 0. The summed E-state index contributed by atoms with van der Waals surface area (Å²) >= 11 is 6.08. The highest BCUT2D eigenvalue weighted by Crippen LogP contribution is 2.35. The van der Waals surface area contributed by atoms with Gasteiger partial charge in [-0.25, -0.2) is 22.5 Å². The molecule has 0 bridgehead atoms. The van der Waals surface area contributed by atoms with Gasteiger partial charge in [0.2, 0.25) is 0 Å². The first kappa shape index (κ1) is 25.5. The lowest BCUT2D eigenvalue weighted by atomic mass is 10.1. The number of aromatic nitrogens is 1. The third kappa shape index (κ3) is 5.87. The molecule has 34 heavy (non-hydrogen) atoms. The fourth-order valence-corrected chi connectivity index (χ4v) is 4.98. The number of methoxy groups -OCH3 is 1. The molecule has 6 nitrogen and oxygen atoms in total. The molecule has 11 heteroatoms. The minimum absolute atomic E-state index is 0.0892. The van der Waals surface area contributed by atoms with Crippen LogP contribution in [0.15, 0.2) is 71.8 Å². The Morgan fingerprint density at radius 1 is 1.09 bits per heavy atom.